The molecular weight excluding hydrogens is 194 g/mol. The molecule has 0 saturated carbocycles. The molecule has 72 valence electrons. The first-order valence-electron chi connectivity index (χ1n) is 4.52. The highest BCUT2D eigenvalue weighted by Gasteiger charge is 1.99. The Balaban J connectivity index is 2.52. The van der Waals surface area contributed by atoms with E-state index in [0.717, 1.165) is 22.4 Å². The largest absolute Gasteiger partial charge is 0.297 e. The van der Waals surface area contributed by atoms with E-state index in [0.29, 0.717) is 0 Å². The number of hydrogen-bond acceptors (Lipinski definition) is 2. The van der Waals surface area contributed by atoms with Gasteiger partial charge in [-0.1, -0.05) is 19.1 Å². The van der Waals surface area contributed by atoms with Crippen LogP contribution in [0.25, 0.3) is 5.69 Å². The molecule has 0 aromatic carbocycles. The molecule has 0 saturated heterocycles. The van der Waals surface area contributed by atoms with Gasteiger partial charge in [-0.3, -0.25) is 10.1 Å². The molecule has 0 aliphatic heterocycles. The molecule has 0 bridgehead atoms. The van der Waals surface area contributed by atoms with E-state index in [1.165, 1.54) is 0 Å². The number of hydrogen-bond donors (Lipinski definition) is 1. The van der Waals surface area contributed by atoms with E-state index >= 15 is 0 Å². The molecule has 0 atom stereocenters. The Morgan fingerprint density at radius 2 is 2.14 bits per heavy atom. The Morgan fingerprint density at radius 3 is 2.71 bits per heavy atom. The summed E-state index contributed by atoms with van der Waals surface area (Å²) >= 11 is 5.23. The van der Waals surface area contributed by atoms with E-state index in [1.807, 2.05) is 22.9 Å². The Labute approximate surface area is 87.4 Å². The van der Waals surface area contributed by atoms with Crippen LogP contribution < -0.4 is 0 Å². The van der Waals surface area contributed by atoms with Gasteiger partial charge in [-0.15, -0.1) is 0 Å². The van der Waals surface area contributed by atoms with Crippen molar-refractivity contribution in [3.8, 4) is 5.69 Å². The molecule has 4 heteroatoms. The van der Waals surface area contributed by atoms with Crippen LogP contribution in [0.5, 0.6) is 0 Å². The summed E-state index contributed by atoms with van der Waals surface area (Å²) in [5.74, 6) is 0. The lowest BCUT2D eigenvalue weighted by molar-refractivity contribution is 0.831. The molecule has 2 heterocycles. The van der Waals surface area contributed by atoms with Crippen LogP contribution in [0, 0.1) is 4.64 Å². The number of nitrogens with one attached hydrogen (secondary N) is 1. The van der Waals surface area contributed by atoms with Crippen molar-refractivity contribution in [3.05, 3.63) is 40.9 Å². The van der Waals surface area contributed by atoms with Crippen molar-refractivity contribution in [2.45, 2.75) is 13.3 Å². The first kappa shape index (κ1) is 9.15. The van der Waals surface area contributed by atoms with E-state index in [-0.39, 0.29) is 0 Å². The molecule has 3 nitrogen and oxygen atoms in total. The van der Waals surface area contributed by atoms with Crippen molar-refractivity contribution in [2.24, 2.45) is 0 Å². The molecule has 2 aromatic heterocycles. The zero-order valence-corrected chi connectivity index (χ0v) is 8.71. The molecule has 0 aliphatic rings. The zero-order chi connectivity index (χ0) is 9.97. The van der Waals surface area contributed by atoms with E-state index in [4.69, 9.17) is 12.2 Å². The predicted molar refractivity (Wildman–Crippen MR) is 58.1 cm³/mol. The average Bonchev–Trinajstić information content (AvgIpc) is 2.61. The maximum Gasteiger partial charge on any atom is 0.127 e. The minimum atomic E-state index is 0.799. The fourth-order valence-corrected chi connectivity index (χ4v) is 1.60. The number of nitrogens with zero attached hydrogens (tertiary/aromatic N) is 2. The monoisotopic (exact) mass is 205 g/mol. The van der Waals surface area contributed by atoms with Crippen molar-refractivity contribution in [1.29, 1.82) is 0 Å². The molecule has 14 heavy (non-hydrogen) atoms. The van der Waals surface area contributed by atoms with Crippen molar-refractivity contribution in [3.63, 3.8) is 0 Å². The summed E-state index contributed by atoms with van der Waals surface area (Å²) < 4.78 is 2.68. The second-order valence-electron chi connectivity index (χ2n) is 3.01. The summed E-state index contributed by atoms with van der Waals surface area (Å²) in [5.41, 5.74) is 2.16. The van der Waals surface area contributed by atoms with E-state index < -0.39 is 0 Å². The Bertz CT molecular complexity index is 470. The van der Waals surface area contributed by atoms with Gasteiger partial charge < -0.3 is 0 Å². The normalized spacial score (nSPS) is 10.4. The lowest BCUT2D eigenvalue weighted by Crippen LogP contribution is -1.96. The third-order valence-corrected chi connectivity index (χ3v) is 2.38. The summed E-state index contributed by atoms with van der Waals surface area (Å²) in [7, 11) is 0. The highest BCUT2D eigenvalue weighted by atomic mass is 32.1. The number of H-pyrrole nitrogens is 1. The Kier molecular flexibility index (Phi) is 2.45. The molecule has 2 rings (SSSR count). The second-order valence-corrected chi connectivity index (χ2v) is 3.43. The third-order valence-electron chi connectivity index (χ3n) is 2.08. The summed E-state index contributed by atoms with van der Waals surface area (Å²) in [6.07, 6.45) is 4.47. The fraction of sp³-hybridized carbons (Fsp3) is 0.200. The highest BCUT2D eigenvalue weighted by molar-refractivity contribution is 7.71. The van der Waals surface area contributed by atoms with Gasteiger partial charge in [0.15, 0.2) is 0 Å². The van der Waals surface area contributed by atoms with Crippen molar-refractivity contribution in [1.82, 2.24) is 14.8 Å². The van der Waals surface area contributed by atoms with E-state index in [9.17, 15) is 0 Å². The van der Waals surface area contributed by atoms with Gasteiger partial charge in [0.25, 0.3) is 0 Å². The van der Waals surface area contributed by atoms with Crippen LogP contribution in [0.4, 0.5) is 0 Å². The molecule has 0 unspecified atom stereocenters. The van der Waals surface area contributed by atoms with Gasteiger partial charge in [-0.25, -0.2) is 4.68 Å². The summed E-state index contributed by atoms with van der Waals surface area (Å²) in [6.45, 7) is 2.09. The van der Waals surface area contributed by atoms with Crippen LogP contribution in [0.1, 0.15) is 12.6 Å². The van der Waals surface area contributed by atoms with Gasteiger partial charge in [0.05, 0.1) is 5.69 Å². The Morgan fingerprint density at radius 1 is 1.43 bits per heavy atom. The molecule has 0 radical (unpaired) electrons. The van der Waals surface area contributed by atoms with Crippen LogP contribution in [-0.2, 0) is 6.42 Å². The first-order valence-corrected chi connectivity index (χ1v) is 4.93. The highest BCUT2D eigenvalue weighted by Crippen LogP contribution is 2.08. The van der Waals surface area contributed by atoms with Gasteiger partial charge in [-0.2, -0.15) is 0 Å². The zero-order valence-electron chi connectivity index (χ0n) is 7.90. The fourth-order valence-electron chi connectivity index (χ4n) is 1.31. The summed E-state index contributed by atoms with van der Waals surface area (Å²) in [6, 6.07) is 5.83. The van der Waals surface area contributed by atoms with Crippen LogP contribution in [0.15, 0.2) is 30.6 Å². The molecule has 0 aliphatic carbocycles. The third kappa shape index (κ3) is 1.61. The van der Waals surface area contributed by atoms with Gasteiger partial charge in [0.2, 0.25) is 0 Å². The average molecular weight is 205 g/mol. The van der Waals surface area contributed by atoms with Gasteiger partial charge >= 0.3 is 0 Å². The number of pyridine rings is 1. The standard InChI is InChI=1S/C10H11N3S/c1-2-8-7-10(14)13(12-8)9-3-5-11-6-4-9/h3-7,12H,2H2,1H3. The van der Waals surface area contributed by atoms with Crippen LogP contribution >= 0.6 is 12.2 Å². The molecular formula is C10H11N3S. The minimum absolute atomic E-state index is 0.799. The maximum atomic E-state index is 5.23. The number of aryl methyl sites for hydroxylation is 1. The molecule has 0 spiro atoms. The van der Waals surface area contributed by atoms with Crippen LogP contribution in [0.3, 0.4) is 0 Å². The lowest BCUT2D eigenvalue weighted by atomic mass is 10.3. The molecule has 1 N–H and O–H groups in total. The van der Waals surface area contributed by atoms with Crippen LogP contribution in [0.2, 0.25) is 0 Å². The number of aromatic amines is 1. The number of aromatic nitrogens is 3. The lowest BCUT2D eigenvalue weighted by Gasteiger charge is -2.01. The maximum absolute atomic E-state index is 5.23. The van der Waals surface area contributed by atoms with Gasteiger partial charge in [-0.05, 0) is 24.6 Å². The second kappa shape index (κ2) is 3.75. The molecule has 2 aromatic rings. The van der Waals surface area contributed by atoms with Gasteiger partial charge in [0.1, 0.15) is 4.64 Å². The first-order chi connectivity index (χ1) is 6.81. The molecule has 0 amide bonds. The topological polar surface area (TPSA) is 33.6 Å². The van der Waals surface area contributed by atoms with Crippen LogP contribution in [-0.4, -0.2) is 14.8 Å². The Hall–Kier alpha value is -1.42. The van der Waals surface area contributed by atoms with Crippen molar-refractivity contribution >= 4 is 12.2 Å². The smallest absolute Gasteiger partial charge is 0.127 e. The van der Waals surface area contributed by atoms with E-state index in [1.54, 1.807) is 12.4 Å². The predicted octanol–water partition coefficient (Wildman–Crippen LogP) is 2.49. The SMILES string of the molecule is CCc1cc(=S)n(-c2ccncc2)[nH]1. The van der Waals surface area contributed by atoms with E-state index in [2.05, 4.69) is 17.0 Å². The van der Waals surface area contributed by atoms with Crippen molar-refractivity contribution in [2.75, 3.05) is 0 Å². The summed E-state index contributed by atoms with van der Waals surface area (Å²) in [5, 5.41) is 3.23. The summed E-state index contributed by atoms with van der Waals surface area (Å²) in [4.78, 5) is 3.97. The quantitative estimate of drug-likeness (QED) is 0.764. The van der Waals surface area contributed by atoms with Gasteiger partial charge in [0, 0.05) is 18.1 Å². The number of rotatable bonds is 2. The molecule has 0 fully saturated rings. The minimum Gasteiger partial charge on any atom is -0.297 e. The van der Waals surface area contributed by atoms with Crippen molar-refractivity contribution < 1.29 is 0 Å².